The van der Waals surface area contributed by atoms with Crippen LogP contribution < -0.4 is 5.73 Å². The lowest BCUT2D eigenvalue weighted by Crippen LogP contribution is -2.43. The van der Waals surface area contributed by atoms with Crippen LogP contribution in [-0.2, 0) is 23.3 Å². The molecule has 16 heteroatoms. The van der Waals surface area contributed by atoms with Crippen LogP contribution in [0.4, 0.5) is 5.82 Å². The van der Waals surface area contributed by atoms with Gasteiger partial charge in [0.1, 0.15) is 42.4 Å². The van der Waals surface area contributed by atoms with E-state index in [1.54, 1.807) is 6.92 Å². The SMILES string of the molecule is C=C(OCC(OC(=C)SO)P(=O)(CC)OCC1OC(c2coc3c(N)ncnc23)C(C)(O)C1O)SO. The zero-order valence-electron chi connectivity index (χ0n) is 19.5. The van der Waals surface area contributed by atoms with E-state index in [4.69, 9.17) is 33.4 Å². The summed E-state index contributed by atoms with van der Waals surface area (Å²) in [6, 6.07) is 0. The van der Waals surface area contributed by atoms with Crippen LogP contribution in [0.3, 0.4) is 0 Å². The fraction of sp³-hybridized carbons (Fsp3) is 0.500. The van der Waals surface area contributed by atoms with E-state index in [0.717, 1.165) is 0 Å². The number of hydrogen-bond acceptors (Lipinski definition) is 15. The lowest BCUT2D eigenvalue weighted by atomic mass is 9.89. The van der Waals surface area contributed by atoms with Crippen LogP contribution in [0.1, 0.15) is 25.5 Å². The summed E-state index contributed by atoms with van der Waals surface area (Å²) in [7, 11) is -3.68. The first-order valence-electron chi connectivity index (χ1n) is 10.5. The quantitative estimate of drug-likeness (QED) is 0.134. The van der Waals surface area contributed by atoms with Gasteiger partial charge in [0.15, 0.2) is 21.6 Å². The van der Waals surface area contributed by atoms with Gasteiger partial charge in [-0.3, -0.25) is 4.57 Å². The molecule has 0 spiro atoms. The van der Waals surface area contributed by atoms with Crippen molar-refractivity contribution in [3.63, 3.8) is 0 Å². The molecular weight excluding hydrogens is 537 g/mol. The Kier molecular flexibility index (Phi) is 9.36. The number of nitrogens with zero attached hydrogens (tertiary/aromatic N) is 2. The molecule has 1 fully saturated rings. The van der Waals surface area contributed by atoms with Crippen molar-refractivity contribution in [2.75, 3.05) is 25.1 Å². The maximum Gasteiger partial charge on any atom is 0.245 e. The van der Waals surface area contributed by atoms with Crippen molar-refractivity contribution in [1.29, 1.82) is 0 Å². The lowest BCUT2D eigenvalue weighted by Gasteiger charge is -2.29. The molecule has 13 nitrogen and oxygen atoms in total. The number of fused-ring (bicyclic) bond motifs is 1. The van der Waals surface area contributed by atoms with Crippen molar-refractivity contribution in [2.24, 2.45) is 0 Å². The number of furan rings is 1. The Hall–Kier alpha value is -1.81. The first-order valence-corrected chi connectivity index (χ1v) is 14.0. The molecule has 3 rings (SSSR count). The molecule has 0 amide bonds. The van der Waals surface area contributed by atoms with Crippen molar-refractivity contribution in [2.45, 2.75) is 43.6 Å². The van der Waals surface area contributed by atoms with Gasteiger partial charge in [0.05, 0.1) is 37.0 Å². The Labute approximate surface area is 215 Å². The second-order valence-electron chi connectivity index (χ2n) is 8.00. The van der Waals surface area contributed by atoms with Crippen molar-refractivity contribution >= 4 is 48.4 Å². The highest BCUT2D eigenvalue weighted by Gasteiger charge is 2.54. The predicted octanol–water partition coefficient (Wildman–Crippen LogP) is 3.39. The summed E-state index contributed by atoms with van der Waals surface area (Å²) in [5.74, 6) is -1.13. The van der Waals surface area contributed by atoms with Crippen LogP contribution >= 0.6 is 31.5 Å². The largest absolute Gasteiger partial charge is 0.481 e. The highest BCUT2D eigenvalue weighted by atomic mass is 32.2. The Morgan fingerprint density at radius 3 is 2.67 bits per heavy atom. The van der Waals surface area contributed by atoms with Crippen molar-refractivity contribution < 1.29 is 47.0 Å². The van der Waals surface area contributed by atoms with E-state index in [1.807, 2.05) is 0 Å². The van der Waals surface area contributed by atoms with Crippen LogP contribution in [-0.4, -0.2) is 72.3 Å². The van der Waals surface area contributed by atoms with Crippen molar-refractivity contribution in [3.05, 3.63) is 41.5 Å². The van der Waals surface area contributed by atoms with E-state index in [1.165, 1.54) is 19.5 Å². The number of aliphatic hydroxyl groups is 2. The number of nitrogens with two attached hydrogens (primary N) is 1. The van der Waals surface area contributed by atoms with Gasteiger partial charge < -0.3 is 48.2 Å². The molecule has 2 aromatic rings. The smallest absolute Gasteiger partial charge is 0.245 e. The number of ether oxygens (including phenoxy) is 3. The maximum atomic E-state index is 13.7. The monoisotopic (exact) mass is 565 g/mol. The Bertz CT molecular complexity index is 1150. The highest BCUT2D eigenvalue weighted by molar-refractivity contribution is 7.97. The Morgan fingerprint density at radius 1 is 1.33 bits per heavy atom. The number of anilines is 1. The molecule has 1 aliphatic rings. The van der Waals surface area contributed by atoms with Gasteiger partial charge in [0.25, 0.3) is 0 Å². The topological polar surface area (TPSA) is 200 Å². The minimum Gasteiger partial charge on any atom is -0.481 e. The molecule has 0 saturated carbocycles. The minimum atomic E-state index is -3.68. The highest BCUT2D eigenvalue weighted by Crippen LogP contribution is 2.54. The van der Waals surface area contributed by atoms with Crippen LogP contribution in [0.5, 0.6) is 0 Å². The van der Waals surface area contributed by atoms with Gasteiger partial charge in [0, 0.05) is 11.7 Å². The molecule has 3 heterocycles. The van der Waals surface area contributed by atoms with Crippen LogP contribution in [0.25, 0.3) is 11.1 Å². The van der Waals surface area contributed by atoms with Crippen LogP contribution in [0, 0.1) is 0 Å². The molecule has 2 aromatic heterocycles. The third-order valence-corrected chi connectivity index (χ3v) is 8.90. The number of hydrogen-bond donors (Lipinski definition) is 5. The summed E-state index contributed by atoms with van der Waals surface area (Å²) in [6.07, 6.45) is -1.10. The minimum absolute atomic E-state index is 0.0195. The molecule has 6 unspecified atom stereocenters. The average molecular weight is 566 g/mol. The molecule has 0 aromatic carbocycles. The molecule has 0 aliphatic carbocycles. The summed E-state index contributed by atoms with van der Waals surface area (Å²) < 4.78 is 59.7. The van der Waals surface area contributed by atoms with E-state index < -0.39 is 37.1 Å². The van der Waals surface area contributed by atoms with E-state index in [9.17, 15) is 19.3 Å². The van der Waals surface area contributed by atoms with Crippen LogP contribution in [0.2, 0.25) is 0 Å². The first kappa shape index (κ1) is 28.8. The Morgan fingerprint density at radius 2 is 2.03 bits per heavy atom. The fourth-order valence-corrected chi connectivity index (χ4v) is 5.78. The zero-order chi connectivity index (χ0) is 26.7. The predicted molar refractivity (Wildman–Crippen MR) is 134 cm³/mol. The lowest BCUT2D eigenvalue weighted by molar-refractivity contribution is -0.0643. The van der Waals surface area contributed by atoms with E-state index in [0.29, 0.717) is 11.1 Å². The zero-order valence-corrected chi connectivity index (χ0v) is 22.0. The number of nitrogen functional groups attached to an aromatic ring is 1. The van der Waals surface area contributed by atoms with Gasteiger partial charge in [-0.05, 0) is 20.1 Å². The summed E-state index contributed by atoms with van der Waals surface area (Å²) in [4.78, 5) is 8.00. The Balaban J connectivity index is 1.79. The molecule has 0 radical (unpaired) electrons. The summed E-state index contributed by atoms with van der Waals surface area (Å²) in [5.41, 5.74) is 4.88. The molecule has 36 heavy (non-hydrogen) atoms. The summed E-state index contributed by atoms with van der Waals surface area (Å²) in [6.45, 7) is 9.21. The van der Waals surface area contributed by atoms with E-state index >= 15 is 0 Å². The van der Waals surface area contributed by atoms with Crippen molar-refractivity contribution in [1.82, 2.24) is 9.97 Å². The van der Waals surface area contributed by atoms with E-state index in [2.05, 4.69) is 23.1 Å². The first-order chi connectivity index (χ1) is 17.0. The average Bonchev–Trinajstić information content (AvgIpc) is 3.39. The van der Waals surface area contributed by atoms with Gasteiger partial charge >= 0.3 is 0 Å². The van der Waals surface area contributed by atoms with E-state index in [-0.39, 0.29) is 65.0 Å². The van der Waals surface area contributed by atoms with Gasteiger partial charge in [-0.2, -0.15) is 0 Å². The summed E-state index contributed by atoms with van der Waals surface area (Å²) in [5, 5.41) is 21.7. The second kappa shape index (κ2) is 11.7. The van der Waals surface area contributed by atoms with Gasteiger partial charge in [-0.25, -0.2) is 9.97 Å². The third-order valence-electron chi connectivity index (χ3n) is 5.68. The molecule has 0 bridgehead atoms. The molecule has 200 valence electrons. The molecule has 6 N–H and O–H groups in total. The standard InChI is InChI=1S/C20H28N3O10PS2/c1-5-34(26,14(32-11(3)36-28)8-29-10(2)35-27)31-7-13-17(24)20(4,25)18(33-13)12-6-30-16-15(12)22-9-23-19(16)21/h6,9,13-14,17-18,24-25,27-28H,2-3,5,7-8H2,1,4H3,(H2,21,22,23). The van der Waals surface area contributed by atoms with Crippen molar-refractivity contribution in [3.8, 4) is 0 Å². The van der Waals surface area contributed by atoms with Gasteiger partial charge in [-0.15, -0.1) is 0 Å². The number of aromatic nitrogens is 2. The summed E-state index contributed by atoms with van der Waals surface area (Å²) >= 11 is 0.471. The molecular formula is C20H28N3O10PS2. The number of rotatable bonds is 13. The molecule has 1 saturated heterocycles. The fourth-order valence-electron chi connectivity index (χ4n) is 3.68. The molecule has 6 atom stereocenters. The van der Waals surface area contributed by atoms with Gasteiger partial charge in [0.2, 0.25) is 13.2 Å². The maximum absolute atomic E-state index is 13.7. The normalized spacial score (nSPS) is 26.4. The van der Waals surface area contributed by atoms with Gasteiger partial charge in [-0.1, -0.05) is 6.92 Å². The van der Waals surface area contributed by atoms with Crippen LogP contribution in [0.15, 0.2) is 40.3 Å². The molecule has 1 aliphatic heterocycles. The number of aliphatic hydroxyl groups excluding tert-OH is 1. The second-order valence-corrected chi connectivity index (χ2v) is 12.2. The third kappa shape index (κ3) is 5.85.